The second-order valence-electron chi connectivity index (χ2n) is 5.82. The van der Waals surface area contributed by atoms with E-state index in [2.05, 4.69) is 30.5 Å². The summed E-state index contributed by atoms with van der Waals surface area (Å²) in [6.07, 6.45) is 3.60. The number of amides is 2. The minimum atomic E-state index is 0.0473. The number of benzene rings is 1. The molecule has 0 spiro atoms. The quantitative estimate of drug-likeness (QED) is 0.801. The van der Waals surface area contributed by atoms with Crippen molar-refractivity contribution in [3.63, 3.8) is 0 Å². The van der Waals surface area contributed by atoms with E-state index in [-0.39, 0.29) is 17.7 Å². The molecule has 1 aliphatic rings. The molecule has 0 bridgehead atoms. The summed E-state index contributed by atoms with van der Waals surface area (Å²) in [5.74, 6) is 0.344. The minimum Gasteiger partial charge on any atom is -0.343 e. The summed E-state index contributed by atoms with van der Waals surface area (Å²) in [6, 6.07) is 8.33. The number of hydrogen-bond acceptors (Lipinski definition) is 3. The molecular formula is C17H24N2O2S. The third kappa shape index (κ3) is 4.26. The maximum Gasteiger partial charge on any atom is 0.225 e. The molecule has 0 unspecified atom stereocenters. The molecule has 0 saturated carbocycles. The molecule has 0 aromatic heterocycles. The van der Waals surface area contributed by atoms with Gasteiger partial charge in [0.05, 0.1) is 0 Å². The predicted octanol–water partition coefficient (Wildman–Crippen LogP) is 2.63. The van der Waals surface area contributed by atoms with E-state index in [0.29, 0.717) is 19.6 Å². The maximum atomic E-state index is 12.5. The van der Waals surface area contributed by atoms with Crippen LogP contribution in [0.5, 0.6) is 0 Å². The summed E-state index contributed by atoms with van der Waals surface area (Å²) in [7, 11) is 1.86. The zero-order valence-electron chi connectivity index (χ0n) is 13.5. The monoisotopic (exact) mass is 320 g/mol. The van der Waals surface area contributed by atoms with E-state index >= 15 is 0 Å². The van der Waals surface area contributed by atoms with Crippen LogP contribution >= 0.6 is 11.8 Å². The van der Waals surface area contributed by atoms with Crippen molar-refractivity contribution in [1.82, 2.24) is 9.80 Å². The van der Waals surface area contributed by atoms with Gasteiger partial charge in [0, 0.05) is 44.4 Å². The highest BCUT2D eigenvalue weighted by Crippen LogP contribution is 2.21. The molecule has 1 aromatic carbocycles. The third-order valence-electron chi connectivity index (χ3n) is 4.24. The van der Waals surface area contributed by atoms with Crippen molar-refractivity contribution in [3.8, 4) is 0 Å². The van der Waals surface area contributed by atoms with E-state index in [9.17, 15) is 9.59 Å². The van der Waals surface area contributed by atoms with Crippen molar-refractivity contribution in [2.24, 2.45) is 5.92 Å². The summed E-state index contributed by atoms with van der Waals surface area (Å²) < 4.78 is 0. The van der Waals surface area contributed by atoms with E-state index in [1.165, 1.54) is 4.90 Å². The lowest BCUT2D eigenvalue weighted by Crippen LogP contribution is -2.42. The molecule has 0 N–H and O–H groups in total. The number of carbonyl (C=O) groups excluding carboxylic acids is 2. The van der Waals surface area contributed by atoms with Gasteiger partial charge in [-0.1, -0.05) is 12.1 Å². The fourth-order valence-corrected chi connectivity index (χ4v) is 3.24. The molecular weight excluding hydrogens is 296 g/mol. The zero-order chi connectivity index (χ0) is 16.1. The molecule has 0 atom stereocenters. The van der Waals surface area contributed by atoms with Gasteiger partial charge in [0.2, 0.25) is 11.8 Å². The Hall–Kier alpha value is -1.49. The van der Waals surface area contributed by atoms with Gasteiger partial charge in [0.1, 0.15) is 0 Å². The van der Waals surface area contributed by atoms with Gasteiger partial charge in [-0.2, -0.15) is 0 Å². The maximum absolute atomic E-state index is 12.5. The number of piperidine rings is 1. The average Bonchev–Trinajstić information content (AvgIpc) is 2.55. The molecule has 1 aliphatic heterocycles. The lowest BCUT2D eigenvalue weighted by atomic mass is 9.95. The van der Waals surface area contributed by atoms with Gasteiger partial charge in [-0.15, -0.1) is 11.8 Å². The first-order valence-electron chi connectivity index (χ1n) is 7.64. The Bertz CT molecular complexity index is 522. The average molecular weight is 320 g/mol. The van der Waals surface area contributed by atoms with Gasteiger partial charge in [0.15, 0.2) is 0 Å². The van der Waals surface area contributed by atoms with E-state index in [1.54, 1.807) is 18.7 Å². The first-order valence-corrected chi connectivity index (χ1v) is 8.87. The number of likely N-dealkylation sites (tertiary alicyclic amines) is 1. The highest BCUT2D eigenvalue weighted by Gasteiger charge is 2.27. The number of nitrogens with zero attached hydrogens (tertiary/aromatic N) is 2. The van der Waals surface area contributed by atoms with Crippen LogP contribution in [0.2, 0.25) is 0 Å². The summed E-state index contributed by atoms with van der Waals surface area (Å²) in [6.45, 7) is 3.62. The van der Waals surface area contributed by atoms with Crippen molar-refractivity contribution >= 4 is 23.6 Å². The van der Waals surface area contributed by atoms with Crippen molar-refractivity contribution < 1.29 is 9.59 Å². The fraction of sp³-hybridized carbons (Fsp3) is 0.529. The van der Waals surface area contributed by atoms with Crippen LogP contribution in [0.3, 0.4) is 0 Å². The van der Waals surface area contributed by atoms with Crippen LogP contribution in [-0.2, 0) is 16.1 Å². The first-order chi connectivity index (χ1) is 10.5. The normalized spacial score (nSPS) is 15.7. The van der Waals surface area contributed by atoms with Crippen molar-refractivity contribution in [3.05, 3.63) is 29.8 Å². The first kappa shape index (κ1) is 16.9. The third-order valence-corrected chi connectivity index (χ3v) is 4.99. The molecule has 0 aliphatic carbocycles. The molecule has 0 radical (unpaired) electrons. The van der Waals surface area contributed by atoms with Gasteiger partial charge in [0.25, 0.3) is 0 Å². The second-order valence-corrected chi connectivity index (χ2v) is 6.70. The topological polar surface area (TPSA) is 40.6 Å². The molecule has 2 amide bonds. The van der Waals surface area contributed by atoms with Gasteiger partial charge in [-0.05, 0) is 36.8 Å². The number of rotatable bonds is 4. The Balaban J connectivity index is 1.88. The van der Waals surface area contributed by atoms with Gasteiger partial charge in [-0.3, -0.25) is 9.59 Å². The summed E-state index contributed by atoms with van der Waals surface area (Å²) in [5.41, 5.74) is 1.15. The molecule has 4 nitrogen and oxygen atoms in total. The predicted molar refractivity (Wildman–Crippen MR) is 89.7 cm³/mol. The highest BCUT2D eigenvalue weighted by atomic mass is 32.2. The van der Waals surface area contributed by atoms with Crippen LogP contribution in [0.1, 0.15) is 25.3 Å². The summed E-state index contributed by atoms with van der Waals surface area (Å²) in [4.78, 5) is 28.7. The van der Waals surface area contributed by atoms with Crippen LogP contribution in [0, 0.1) is 5.92 Å². The van der Waals surface area contributed by atoms with E-state index in [0.717, 1.165) is 18.4 Å². The number of hydrogen-bond donors (Lipinski definition) is 0. The van der Waals surface area contributed by atoms with Crippen molar-refractivity contribution in [2.75, 3.05) is 26.4 Å². The Morgan fingerprint density at radius 1 is 1.23 bits per heavy atom. The smallest absolute Gasteiger partial charge is 0.225 e. The molecule has 1 fully saturated rings. The molecule has 2 rings (SSSR count). The largest absolute Gasteiger partial charge is 0.343 e. The van der Waals surface area contributed by atoms with Gasteiger partial charge in [-0.25, -0.2) is 0 Å². The molecule has 1 heterocycles. The van der Waals surface area contributed by atoms with E-state index in [4.69, 9.17) is 0 Å². The Morgan fingerprint density at radius 3 is 2.32 bits per heavy atom. The molecule has 120 valence electrons. The Morgan fingerprint density at radius 2 is 1.82 bits per heavy atom. The molecule has 1 saturated heterocycles. The van der Waals surface area contributed by atoms with Crippen LogP contribution in [0.25, 0.3) is 0 Å². The van der Waals surface area contributed by atoms with Crippen molar-refractivity contribution in [2.45, 2.75) is 31.2 Å². The van der Waals surface area contributed by atoms with E-state index in [1.807, 2.05) is 16.8 Å². The lowest BCUT2D eigenvalue weighted by molar-refractivity contribution is -0.139. The highest BCUT2D eigenvalue weighted by molar-refractivity contribution is 7.98. The summed E-state index contributed by atoms with van der Waals surface area (Å²) >= 11 is 1.72. The minimum absolute atomic E-state index is 0.0473. The molecule has 1 aromatic rings. The van der Waals surface area contributed by atoms with E-state index < -0.39 is 0 Å². The zero-order valence-corrected chi connectivity index (χ0v) is 14.4. The van der Waals surface area contributed by atoms with Crippen LogP contribution in [-0.4, -0.2) is 48.0 Å². The molecule has 5 heteroatoms. The summed E-state index contributed by atoms with van der Waals surface area (Å²) in [5, 5.41) is 0. The molecule has 22 heavy (non-hydrogen) atoms. The number of carbonyl (C=O) groups is 2. The SMILES string of the molecule is CSc1ccc(CN(C)C(=O)C2CCN(C(C)=O)CC2)cc1. The van der Waals surface area contributed by atoms with Gasteiger partial charge >= 0.3 is 0 Å². The lowest BCUT2D eigenvalue weighted by Gasteiger charge is -2.32. The van der Waals surface area contributed by atoms with Crippen LogP contribution in [0.4, 0.5) is 0 Å². The standard InChI is InChI=1S/C17H24N2O2S/c1-13(20)19-10-8-15(9-11-19)17(21)18(2)12-14-4-6-16(22-3)7-5-14/h4-7,15H,8-12H2,1-3H3. The Labute approximate surface area is 136 Å². The second kappa shape index (κ2) is 7.68. The van der Waals surface area contributed by atoms with Crippen LogP contribution in [0.15, 0.2) is 29.2 Å². The number of thioether (sulfide) groups is 1. The van der Waals surface area contributed by atoms with Crippen molar-refractivity contribution in [1.29, 1.82) is 0 Å². The fourth-order valence-electron chi connectivity index (χ4n) is 2.84. The van der Waals surface area contributed by atoms with Crippen LogP contribution < -0.4 is 0 Å². The Kier molecular flexibility index (Phi) is 5.89. The van der Waals surface area contributed by atoms with Gasteiger partial charge < -0.3 is 9.80 Å².